The number of benzene rings is 1. The Morgan fingerprint density at radius 2 is 2.14 bits per heavy atom. The van der Waals surface area contributed by atoms with Crippen LogP contribution in [0.15, 0.2) is 40.6 Å². The average Bonchev–Trinajstić information content (AvgIpc) is 2.96. The molecule has 0 saturated heterocycles. The zero-order chi connectivity index (χ0) is 15.3. The van der Waals surface area contributed by atoms with Crippen LogP contribution < -0.4 is 10.5 Å². The highest BCUT2D eigenvalue weighted by atomic mass is 35.5. The molecule has 3 N–H and O–H groups in total. The fourth-order valence-electron chi connectivity index (χ4n) is 1.61. The summed E-state index contributed by atoms with van der Waals surface area (Å²) in [6, 6.07) is 8.30. The summed E-state index contributed by atoms with van der Waals surface area (Å²) in [5.74, 6) is 5.49. The molecule has 21 heavy (non-hydrogen) atoms. The monoisotopic (exact) mass is 340 g/mol. The Kier molecular flexibility index (Phi) is 5.39. The van der Waals surface area contributed by atoms with E-state index in [1.165, 1.54) is 23.5 Å². The van der Waals surface area contributed by atoms with Crippen LogP contribution in [-0.2, 0) is 16.6 Å². The molecule has 4 nitrogen and oxygen atoms in total. The highest BCUT2D eigenvalue weighted by Gasteiger charge is 2.17. The number of hydrogen-bond acceptors (Lipinski definition) is 4. The van der Waals surface area contributed by atoms with E-state index in [0.717, 1.165) is 4.88 Å². The van der Waals surface area contributed by atoms with Gasteiger partial charge < -0.3 is 5.73 Å². The molecule has 7 heteroatoms. The third-order valence-corrected chi connectivity index (χ3v) is 5.33. The van der Waals surface area contributed by atoms with Gasteiger partial charge in [0.15, 0.2) is 0 Å². The molecule has 2 rings (SSSR count). The second-order valence-electron chi connectivity index (χ2n) is 4.06. The van der Waals surface area contributed by atoms with Crippen LogP contribution in [0.3, 0.4) is 0 Å². The van der Waals surface area contributed by atoms with Gasteiger partial charge in [0.2, 0.25) is 10.0 Å². The van der Waals surface area contributed by atoms with Gasteiger partial charge in [-0.05, 0) is 29.6 Å². The van der Waals surface area contributed by atoms with Gasteiger partial charge in [0.1, 0.15) is 4.90 Å². The summed E-state index contributed by atoms with van der Waals surface area (Å²) in [6.45, 7) is 0.477. The summed E-state index contributed by atoms with van der Waals surface area (Å²) in [5.41, 5.74) is 5.92. The van der Waals surface area contributed by atoms with Crippen LogP contribution in [0, 0.1) is 11.8 Å². The summed E-state index contributed by atoms with van der Waals surface area (Å²) in [4.78, 5) is 0.971. The van der Waals surface area contributed by atoms with Crippen LogP contribution in [0.5, 0.6) is 0 Å². The van der Waals surface area contributed by atoms with E-state index in [-0.39, 0.29) is 23.0 Å². The number of nitrogens with two attached hydrogens (primary N) is 1. The molecule has 110 valence electrons. The number of halogens is 1. The van der Waals surface area contributed by atoms with Crippen molar-refractivity contribution < 1.29 is 8.42 Å². The second-order valence-corrected chi connectivity index (χ2v) is 7.23. The Balaban J connectivity index is 2.19. The molecule has 0 radical (unpaired) electrons. The van der Waals surface area contributed by atoms with Crippen LogP contribution in [0.25, 0.3) is 0 Å². The van der Waals surface area contributed by atoms with Crippen LogP contribution >= 0.6 is 22.9 Å². The largest absolute Gasteiger partial charge is 0.320 e. The van der Waals surface area contributed by atoms with Crippen molar-refractivity contribution in [1.29, 1.82) is 0 Å². The van der Waals surface area contributed by atoms with Crippen molar-refractivity contribution >= 4 is 33.0 Å². The lowest BCUT2D eigenvalue weighted by Crippen LogP contribution is -2.23. The topological polar surface area (TPSA) is 72.2 Å². The van der Waals surface area contributed by atoms with E-state index in [1.807, 2.05) is 17.5 Å². The molecule has 0 spiro atoms. The third-order valence-electron chi connectivity index (χ3n) is 2.57. The van der Waals surface area contributed by atoms with Gasteiger partial charge in [-0.3, -0.25) is 0 Å². The third kappa shape index (κ3) is 4.30. The Hall–Kier alpha value is -1.36. The lowest BCUT2D eigenvalue weighted by atomic mass is 10.2. The van der Waals surface area contributed by atoms with Crippen molar-refractivity contribution in [3.8, 4) is 11.8 Å². The van der Waals surface area contributed by atoms with Crippen molar-refractivity contribution in [3.63, 3.8) is 0 Å². The van der Waals surface area contributed by atoms with Gasteiger partial charge >= 0.3 is 0 Å². The molecule has 0 aliphatic carbocycles. The summed E-state index contributed by atoms with van der Waals surface area (Å²) in [5, 5.41) is 2.03. The van der Waals surface area contributed by atoms with Crippen LogP contribution in [-0.4, -0.2) is 15.0 Å². The molecule has 0 fully saturated rings. The first-order valence-corrected chi connectivity index (χ1v) is 8.77. The van der Waals surface area contributed by atoms with Crippen molar-refractivity contribution in [2.75, 3.05) is 6.54 Å². The minimum Gasteiger partial charge on any atom is -0.320 e. The highest BCUT2D eigenvalue weighted by molar-refractivity contribution is 7.89. The molecule has 2 aromatic rings. The van der Waals surface area contributed by atoms with E-state index >= 15 is 0 Å². The predicted molar refractivity (Wildman–Crippen MR) is 85.7 cm³/mol. The first kappa shape index (κ1) is 16.0. The van der Waals surface area contributed by atoms with Gasteiger partial charge in [-0.15, -0.1) is 11.3 Å². The van der Waals surface area contributed by atoms with Crippen molar-refractivity contribution in [1.82, 2.24) is 4.72 Å². The van der Waals surface area contributed by atoms with E-state index in [9.17, 15) is 8.42 Å². The average molecular weight is 341 g/mol. The molecule has 1 aromatic heterocycles. The molecule has 1 aromatic carbocycles. The summed E-state index contributed by atoms with van der Waals surface area (Å²) in [7, 11) is -3.65. The van der Waals surface area contributed by atoms with Gasteiger partial charge in [0, 0.05) is 17.0 Å². The molecule has 0 bridgehead atoms. The van der Waals surface area contributed by atoms with Gasteiger partial charge in [-0.1, -0.05) is 29.5 Å². The smallest absolute Gasteiger partial charge is 0.242 e. The van der Waals surface area contributed by atoms with Crippen LogP contribution in [0.4, 0.5) is 0 Å². The molecular formula is C14H13ClN2O2S2. The normalized spacial score (nSPS) is 11.0. The molecular weight excluding hydrogens is 328 g/mol. The van der Waals surface area contributed by atoms with Gasteiger partial charge in [0.25, 0.3) is 0 Å². The van der Waals surface area contributed by atoms with Crippen molar-refractivity contribution in [3.05, 3.63) is 51.2 Å². The lowest BCUT2D eigenvalue weighted by Gasteiger charge is -2.07. The minimum atomic E-state index is -3.65. The van der Waals surface area contributed by atoms with Crippen LogP contribution in [0.2, 0.25) is 5.02 Å². The Morgan fingerprint density at radius 1 is 1.33 bits per heavy atom. The quantitative estimate of drug-likeness (QED) is 0.838. The highest BCUT2D eigenvalue weighted by Crippen LogP contribution is 2.22. The first-order chi connectivity index (χ1) is 10.0. The Bertz CT molecular complexity index is 775. The van der Waals surface area contributed by atoms with Gasteiger partial charge in [-0.2, -0.15) is 0 Å². The van der Waals surface area contributed by atoms with Gasteiger partial charge in [0.05, 0.1) is 11.6 Å². The molecule has 0 aliphatic heterocycles. The summed E-state index contributed by atoms with van der Waals surface area (Å²) < 4.78 is 27.0. The molecule has 0 aliphatic rings. The molecule has 0 amide bonds. The number of hydrogen-bond donors (Lipinski definition) is 2. The standard InChI is InChI=1S/C14H13ClN2O2S2/c15-13-9-11(3-1-7-16)5-6-14(13)21(18,19)17-10-12-4-2-8-20-12/h2,4-6,8-9,17H,7,10,16H2. The fraction of sp³-hybridized carbons (Fsp3) is 0.143. The molecule has 1 heterocycles. The van der Waals surface area contributed by atoms with Crippen LogP contribution in [0.1, 0.15) is 10.4 Å². The SMILES string of the molecule is NCC#Cc1ccc(S(=O)(=O)NCc2cccs2)c(Cl)c1. The van der Waals surface area contributed by atoms with E-state index in [4.69, 9.17) is 17.3 Å². The summed E-state index contributed by atoms with van der Waals surface area (Å²) >= 11 is 7.52. The zero-order valence-electron chi connectivity index (χ0n) is 11.0. The minimum absolute atomic E-state index is 0.0408. The second kappa shape index (κ2) is 7.07. The van der Waals surface area contributed by atoms with Crippen molar-refractivity contribution in [2.45, 2.75) is 11.4 Å². The summed E-state index contributed by atoms with van der Waals surface area (Å²) in [6.07, 6.45) is 0. The molecule has 0 atom stereocenters. The van der Waals surface area contributed by atoms with Gasteiger partial charge in [-0.25, -0.2) is 13.1 Å². The maximum atomic E-state index is 12.2. The number of sulfonamides is 1. The number of rotatable bonds is 4. The van der Waals surface area contributed by atoms with E-state index in [2.05, 4.69) is 16.6 Å². The fourth-order valence-corrected chi connectivity index (χ4v) is 3.89. The lowest BCUT2D eigenvalue weighted by molar-refractivity contribution is 0.582. The maximum absolute atomic E-state index is 12.2. The molecule has 0 saturated carbocycles. The van der Waals surface area contributed by atoms with E-state index < -0.39 is 10.0 Å². The maximum Gasteiger partial charge on any atom is 0.242 e. The van der Waals surface area contributed by atoms with Crippen molar-refractivity contribution in [2.24, 2.45) is 5.73 Å². The van der Waals surface area contributed by atoms with E-state index in [1.54, 1.807) is 6.07 Å². The number of nitrogens with one attached hydrogen (secondary N) is 1. The molecule has 0 unspecified atom stereocenters. The predicted octanol–water partition coefficient (Wildman–Crippen LogP) is 2.19. The number of thiophene rings is 1. The Labute approximate surface area is 133 Å². The Morgan fingerprint density at radius 3 is 2.76 bits per heavy atom. The first-order valence-electron chi connectivity index (χ1n) is 6.03. The zero-order valence-corrected chi connectivity index (χ0v) is 13.4. The van der Waals surface area contributed by atoms with E-state index in [0.29, 0.717) is 5.56 Å².